The van der Waals surface area contributed by atoms with Crippen LogP contribution < -0.4 is 0 Å². The second-order valence-corrected chi connectivity index (χ2v) is 14.3. The van der Waals surface area contributed by atoms with Crippen LogP contribution in [0.2, 0.25) is 0 Å². The van der Waals surface area contributed by atoms with Crippen LogP contribution in [0.25, 0.3) is 0 Å². The lowest BCUT2D eigenvalue weighted by molar-refractivity contribution is 0.0675. The molecular weight excluding hydrogens is 636 g/mol. The van der Waals surface area contributed by atoms with Gasteiger partial charge in [-0.25, -0.2) is 4.57 Å². The maximum Gasteiger partial charge on any atom is 0.472 e. The second-order valence-electron chi connectivity index (χ2n) is 11.6. The van der Waals surface area contributed by atoms with Gasteiger partial charge < -0.3 is 14.5 Å². The third-order valence-corrected chi connectivity index (χ3v) is 8.84. The largest absolute Gasteiger partial charge is 0.472 e. The Hall–Kier alpha value is -0.0200. The minimum absolute atomic E-state index is 0.0532. The van der Waals surface area contributed by atoms with Crippen molar-refractivity contribution >= 4 is 30.4 Å². The van der Waals surface area contributed by atoms with Gasteiger partial charge in [0.1, 0.15) is 0 Å². The maximum absolute atomic E-state index is 11.8. The second kappa shape index (κ2) is 25.5. The molecule has 2 unspecified atom stereocenters. The molecule has 0 aliphatic carbocycles. The average Bonchev–Trinajstić information content (AvgIpc) is 2.91. The molecule has 6 nitrogen and oxygen atoms in total. The van der Waals surface area contributed by atoms with Crippen LogP contribution in [0, 0.1) is 9.49 Å². The highest BCUT2D eigenvalue weighted by atomic mass is 127. The van der Waals surface area contributed by atoms with Gasteiger partial charge in [0.2, 0.25) is 0 Å². The summed E-state index contributed by atoms with van der Waals surface area (Å²) in [5.41, 5.74) is 1.48. The molecule has 0 saturated heterocycles. The summed E-state index contributed by atoms with van der Waals surface area (Å²) < 4.78 is 28.9. The third-order valence-electron chi connectivity index (χ3n) is 7.13. The van der Waals surface area contributed by atoms with Crippen LogP contribution in [0.15, 0.2) is 24.3 Å². The van der Waals surface area contributed by atoms with Crippen LogP contribution in [0.4, 0.5) is 0 Å². The minimum atomic E-state index is -3.97. The van der Waals surface area contributed by atoms with Gasteiger partial charge in [-0.1, -0.05) is 109 Å². The van der Waals surface area contributed by atoms with Crippen molar-refractivity contribution in [1.29, 1.82) is 0 Å². The first kappa shape index (κ1) is 38.0. The highest BCUT2D eigenvalue weighted by Gasteiger charge is 2.22. The number of halogens is 1. The predicted octanol–water partition coefficient (Wildman–Crippen LogP) is 9.42. The molecule has 0 heterocycles. The Morgan fingerprint density at radius 1 is 0.725 bits per heavy atom. The summed E-state index contributed by atoms with van der Waals surface area (Å²) >= 11 is 2.37. The molecule has 1 rings (SSSR count). The minimum Gasteiger partial charge on any atom is -0.381 e. The van der Waals surface area contributed by atoms with Crippen molar-refractivity contribution in [2.45, 2.75) is 116 Å². The molecule has 1 aromatic carbocycles. The Balaban J connectivity index is 1.76. The van der Waals surface area contributed by atoms with Crippen molar-refractivity contribution in [1.82, 2.24) is 4.90 Å². The molecule has 0 fully saturated rings. The molecule has 1 aromatic rings. The average molecular weight is 696 g/mol. The first-order valence-electron chi connectivity index (χ1n) is 15.9. The molecule has 0 aromatic heterocycles. The van der Waals surface area contributed by atoms with Gasteiger partial charge in [-0.2, -0.15) is 0 Å². The molecule has 234 valence electrons. The zero-order valence-corrected chi connectivity index (χ0v) is 28.8. The number of rotatable bonds is 28. The number of benzene rings is 1. The molecule has 0 radical (unpaired) electrons. The Morgan fingerprint density at radius 2 is 1.20 bits per heavy atom. The number of ether oxygens (including phenoxy) is 1. The van der Waals surface area contributed by atoms with Gasteiger partial charge in [-0.15, -0.1) is 0 Å². The molecule has 0 amide bonds. The lowest BCUT2D eigenvalue weighted by Gasteiger charge is -2.17. The van der Waals surface area contributed by atoms with Gasteiger partial charge in [-0.3, -0.25) is 9.05 Å². The topological polar surface area (TPSA) is 68.2 Å². The highest BCUT2D eigenvalue weighted by Crippen LogP contribution is 2.43. The molecule has 2 atom stereocenters. The number of phosphoric ester groups is 1. The Kier molecular flexibility index (Phi) is 24.2. The van der Waals surface area contributed by atoms with E-state index in [9.17, 15) is 9.46 Å². The van der Waals surface area contributed by atoms with Crippen molar-refractivity contribution in [3.63, 3.8) is 0 Å². The standard InChI is InChI=1S/C32H59INO5P/c1-30(29-39-40(35,36)38-27-25-34(2)3)28-37-26-19-17-15-13-11-9-7-5-4-6-8-10-12-14-16-18-20-31-21-23-32(33)24-22-31/h21-24,30H,4-20,25-29H2,1-3H3,(H,35,36). The van der Waals surface area contributed by atoms with Gasteiger partial charge in [-0.05, 0) is 73.6 Å². The molecular formula is C32H59INO5P. The van der Waals surface area contributed by atoms with Crippen molar-refractivity contribution < 1.29 is 23.2 Å². The van der Waals surface area contributed by atoms with E-state index in [1.165, 1.54) is 112 Å². The van der Waals surface area contributed by atoms with E-state index in [2.05, 4.69) is 46.9 Å². The van der Waals surface area contributed by atoms with E-state index in [1.807, 2.05) is 25.9 Å². The molecule has 1 N–H and O–H groups in total. The van der Waals surface area contributed by atoms with E-state index in [1.54, 1.807) is 0 Å². The van der Waals surface area contributed by atoms with Gasteiger partial charge >= 0.3 is 7.82 Å². The van der Waals surface area contributed by atoms with Crippen LogP contribution in [0.1, 0.15) is 115 Å². The first-order chi connectivity index (χ1) is 19.3. The van der Waals surface area contributed by atoms with Crippen molar-refractivity contribution in [3.8, 4) is 0 Å². The van der Waals surface area contributed by atoms with Crippen LogP contribution in [0.3, 0.4) is 0 Å². The molecule has 0 aliphatic rings. The monoisotopic (exact) mass is 695 g/mol. The summed E-state index contributed by atoms with van der Waals surface area (Å²) in [5, 5.41) is 0. The normalized spacial score (nSPS) is 14.1. The van der Waals surface area contributed by atoms with Crippen LogP contribution in [-0.4, -0.2) is 56.9 Å². The van der Waals surface area contributed by atoms with Gasteiger partial charge in [0.15, 0.2) is 0 Å². The zero-order valence-electron chi connectivity index (χ0n) is 25.8. The highest BCUT2D eigenvalue weighted by molar-refractivity contribution is 14.1. The summed E-state index contributed by atoms with van der Waals surface area (Å²) in [6.07, 6.45) is 22.8. The third kappa shape index (κ3) is 24.6. The molecule has 40 heavy (non-hydrogen) atoms. The summed E-state index contributed by atoms with van der Waals surface area (Å²) in [4.78, 5) is 11.6. The van der Waals surface area contributed by atoms with Crippen LogP contribution >= 0.6 is 30.4 Å². The maximum atomic E-state index is 11.8. The summed E-state index contributed by atoms with van der Waals surface area (Å²) in [5.74, 6) is 0.0532. The fraction of sp³-hybridized carbons (Fsp3) is 0.812. The smallest absolute Gasteiger partial charge is 0.381 e. The van der Waals surface area contributed by atoms with Crippen molar-refractivity contribution in [3.05, 3.63) is 33.4 Å². The summed E-state index contributed by atoms with van der Waals surface area (Å²) in [6, 6.07) is 8.97. The first-order valence-corrected chi connectivity index (χ1v) is 18.4. The van der Waals surface area contributed by atoms with Gasteiger partial charge in [0.05, 0.1) is 19.8 Å². The number of hydrogen-bond acceptors (Lipinski definition) is 5. The fourth-order valence-corrected chi connectivity index (χ4v) is 5.78. The van der Waals surface area contributed by atoms with E-state index >= 15 is 0 Å². The lowest BCUT2D eigenvalue weighted by Crippen LogP contribution is -2.18. The zero-order chi connectivity index (χ0) is 29.3. The number of unbranched alkanes of at least 4 members (excludes halogenated alkanes) is 15. The Labute approximate surface area is 260 Å². The quantitative estimate of drug-likeness (QED) is 0.0536. The molecule has 0 spiro atoms. The number of nitrogens with zero attached hydrogens (tertiary/aromatic N) is 1. The van der Waals surface area contributed by atoms with Crippen molar-refractivity contribution in [2.75, 3.05) is 47.1 Å². The number of likely N-dealkylation sites (N-methyl/N-ethyl adjacent to an activating group) is 1. The molecule has 0 aliphatic heterocycles. The predicted molar refractivity (Wildman–Crippen MR) is 177 cm³/mol. The van der Waals surface area contributed by atoms with Crippen LogP contribution in [0.5, 0.6) is 0 Å². The van der Waals surface area contributed by atoms with E-state index in [4.69, 9.17) is 13.8 Å². The SMILES string of the molecule is CC(COCCCCCCCCCCCCCCCCCCc1ccc(I)cc1)COP(=O)(O)OCCN(C)C. The number of aryl methyl sites for hydroxylation is 1. The number of phosphoric acid groups is 1. The Morgan fingerprint density at radius 3 is 1.70 bits per heavy atom. The van der Waals surface area contributed by atoms with E-state index in [0.29, 0.717) is 13.2 Å². The van der Waals surface area contributed by atoms with Gasteiger partial charge in [0.25, 0.3) is 0 Å². The van der Waals surface area contributed by atoms with Crippen molar-refractivity contribution in [2.24, 2.45) is 5.92 Å². The fourth-order valence-electron chi connectivity index (χ4n) is 4.59. The molecule has 0 saturated carbocycles. The summed E-state index contributed by atoms with van der Waals surface area (Å²) in [6.45, 7) is 4.13. The van der Waals surface area contributed by atoms with Crippen LogP contribution in [-0.2, 0) is 24.8 Å². The van der Waals surface area contributed by atoms with Gasteiger partial charge in [0, 0.05) is 22.6 Å². The number of hydrogen-bond donors (Lipinski definition) is 1. The van der Waals surface area contributed by atoms with E-state index < -0.39 is 7.82 Å². The Bertz CT molecular complexity index is 749. The summed E-state index contributed by atoms with van der Waals surface area (Å²) in [7, 11) is -0.210. The van der Waals surface area contributed by atoms with E-state index in [0.717, 1.165) is 13.0 Å². The van der Waals surface area contributed by atoms with E-state index in [-0.39, 0.29) is 19.1 Å². The molecule has 0 bridgehead atoms. The molecule has 8 heteroatoms. The lowest BCUT2D eigenvalue weighted by atomic mass is 10.0.